The number of rotatable bonds is 14. The van der Waals surface area contributed by atoms with Crippen LogP contribution in [0.4, 0.5) is 0 Å². The molecule has 3 fully saturated rings. The Balaban J connectivity index is 0.825. The van der Waals surface area contributed by atoms with Gasteiger partial charge in [0.2, 0.25) is 5.91 Å². The lowest BCUT2D eigenvalue weighted by Crippen LogP contribution is -2.51. The van der Waals surface area contributed by atoms with Gasteiger partial charge in [0.15, 0.2) is 0 Å². The van der Waals surface area contributed by atoms with Gasteiger partial charge in [-0.3, -0.25) is 24.3 Å². The van der Waals surface area contributed by atoms with E-state index in [0.29, 0.717) is 41.0 Å². The standard InChI is InChI=1S/C50H64N6O7/c1-49(2,3)45-24-38-39(27-52-45)47(59)53(5)30-40(38)34-21-43(61-6)41(44(22-34)62-7)31-54-16-12-32(13-17-54)28-55-18-14-50(15-19-55)25-36(26-50)63-35-11-10-33-29-56(48(60)37(33)23-35)42(9-8-20-57)46(58)51-4/h10-11,20-24,27,30,32,36,42H,8-9,12-19,25-26,28-29,31H2,1-7H3,(H,51,58). The van der Waals surface area contributed by atoms with E-state index in [9.17, 15) is 19.2 Å². The Kier molecular flexibility index (Phi) is 12.7. The summed E-state index contributed by atoms with van der Waals surface area (Å²) in [6, 6.07) is 11.2. The third kappa shape index (κ3) is 9.09. The maximum atomic E-state index is 13.4. The molecule has 13 heteroatoms. The van der Waals surface area contributed by atoms with E-state index in [1.165, 1.54) is 12.8 Å². The fraction of sp³-hybridized carbons (Fsp3) is 0.540. The molecule has 2 aromatic carbocycles. The molecule has 336 valence electrons. The minimum Gasteiger partial charge on any atom is -0.496 e. The average Bonchev–Trinajstić information content (AvgIpc) is 3.59. The minimum atomic E-state index is -0.677. The second-order valence-electron chi connectivity index (χ2n) is 19.5. The number of ether oxygens (including phenoxy) is 3. The van der Waals surface area contributed by atoms with Crippen molar-refractivity contribution in [1.29, 1.82) is 0 Å². The summed E-state index contributed by atoms with van der Waals surface area (Å²) in [6.07, 6.45) is 11.8. The van der Waals surface area contributed by atoms with E-state index in [4.69, 9.17) is 14.2 Å². The Bertz CT molecular complexity index is 2390. The number of carbonyl (C=O) groups is 3. The van der Waals surface area contributed by atoms with Gasteiger partial charge >= 0.3 is 0 Å². The molecule has 3 aliphatic heterocycles. The van der Waals surface area contributed by atoms with Crippen LogP contribution in [0.25, 0.3) is 21.9 Å². The SMILES string of the molecule is CNC(=O)C(CCC=O)N1Cc2ccc(OC3CC4(CCN(CC5CCN(Cc6c(OC)cc(-c7cn(C)c(=O)c8cnc(C(C)(C)C)cc78)cc6OC)CC5)CC4)C3)cc2C1=O. The van der Waals surface area contributed by atoms with Crippen LogP contribution in [0.1, 0.15) is 99.3 Å². The second kappa shape index (κ2) is 18.1. The molecule has 2 saturated heterocycles. The van der Waals surface area contributed by atoms with Crippen LogP contribution in [0.15, 0.2) is 53.6 Å². The predicted molar refractivity (Wildman–Crippen MR) is 243 cm³/mol. The van der Waals surface area contributed by atoms with Crippen molar-refractivity contribution in [3.8, 4) is 28.4 Å². The fourth-order valence-electron chi connectivity index (χ4n) is 10.5. The molecule has 1 saturated carbocycles. The van der Waals surface area contributed by atoms with Gasteiger partial charge in [0.25, 0.3) is 11.5 Å². The zero-order chi connectivity index (χ0) is 44.6. The number of aryl methyl sites for hydroxylation is 1. The molecule has 13 nitrogen and oxygen atoms in total. The van der Waals surface area contributed by atoms with Crippen LogP contribution in [0.2, 0.25) is 0 Å². The van der Waals surface area contributed by atoms with Gasteiger partial charge in [0.1, 0.15) is 29.6 Å². The summed E-state index contributed by atoms with van der Waals surface area (Å²) < 4.78 is 20.1. The highest BCUT2D eigenvalue weighted by atomic mass is 16.5. The van der Waals surface area contributed by atoms with Crippen molar-refractivity contribution in [1.82, 2.24) is 29.6 Å². The van der Waals surface area contributed by atoms with E-state index in [2.05, 4.69) is 59.1 Å². The van der Waals surface area contributed by atoms with Gasteiger partial charge in [-0.2, -0.15) is 0 Å². The molecule has 5 heterocycles. The summed E-state index contributed by atoms with van der Waals surface area (Å²) in [5.41, 5.74) is 5.37. The normalized spacial score (nSPS) is 18.9. The molecule has 2 amide bonds. The lowest BCUT2D eigenvalue weighted by molar-refractivity contribution is -0.125. The zero-order valence-electron chi connectivity index (χ0n) is 38.1. The van der Waals surface area contributed by atoms with Crippen LogP contribution in [0.3, 0.4) is 0 Å². The first-order valence-corrected chi connectivity index (χ1v) is 22.7. The van der Waals surface area contributed by atoms with Crippen molar-refractivity contribution in [2.45, 2.75) is 103 Å². The number of aldehydes is 1. The van der Waals surface area contributed by atoms with Gasteiger partial charge in [-0.05, 0) is 129 Å². The van der Waals surface area contributed by atoms with Crippen molar-refractivity contribution < 1.29 is 28.6 Å². The molecular weight excluding hydrogens is 797 g/mol. The predicted octanol–water partition coefficient (Wildman–Crippen LogP) is 6.50. The van der Waals surface area contributed by atoms with Crippen molar-refractivity contribution in [3.63, 3.8) is 0 Å². The van der Waals surface area contributed by atoms with Gasteiger partial charge < -0.3 is 38.7 Å². The Morgan fingerprint density at radius 2 is 1.65 bits per heavy atom. The Morgan fingerprint density at radius 3 is 2.29 bits per heavy atom. The average molecular weight is 861 g/mol. The van der Waals surface area contributed by atoms with Crippen LogP contribution in [-0.4, -0.2) is 108 Å². The van der Waals surface area contributed by atoms with Gasteiger partial charge in [-0.1, -0.05) is 26.8 Å². The third-order valence-corrected chi connectivity index (χ3v) is 14.3. The number of likely N-dealkylation sites (tertiary alicyclic amines) is 2. The number of fused-ring (bicyclic) bond motifs is 2. The summed E-state index contributed by atoms with van der Waals surface area (Å²) in [7, 11) is 6.76. The summed E-state index contributed by atoms with van der Waals surface area (Å²) in [5.74, 6) is 2.48. The maximum absolute atomic E-state index is 13.4. The number of pyridine rings is 2. The molecule has 1 atom stereocenters. The van der Waals surface area contributed by atoms with Crippen LogP contribution in [-0.2, 0) is 35.1 Å². The minimum absolute atomic E-state index is 0.0744. The monoisotopic (exact) mass is 860 g/mol. The van der Waals surface area contributed by atoms with Crippen molar-refractivity contribution >= 4 is 28.9 Å². The fourth-order valence-corrected chi connectivity index (χ4v) is 10.5. The number of piperidine rings is 2. The number of aromatic nitrogens is 2. The molecule has 0 radical (unpaired) electrons. The number of benzene rings is 2. The zero-order valence-corrected chi connectivity index (χ0v) is 38.1. The van der Waals surface area contributed by atoms with Crippen molar-refractivity contribution in [2.24, 2.45) is 18.4 Å². The second-order valence-corrected chi connectivity index (χ2v) is 19.5. The Labute approximate surface area is 371 Å². The molecule has 0 bridgehead atoms. The van der Waals surface area contributed by atoms with E-state index >= 15 is 0 Å². The number of nitrogens with zero attached hydrogens (tertiary/aromatic N) is 5. The number of methoxy groups -OCH3 is 2. The van der Waals surface area contributed by atoms with E-state index in [1.54, 1.807) is 44.0 Å². The molecule has 1 spiro atoms. The number of amides is 2. The highest BCUT2D eigenvalue weighted by Crippen LogP contribution is 2.51. The summed E-state index contributed by atoms with van der Waals surface area (Å²) in [5, 5.41) is 4.10. The van der Waals surface area contributed by atoms with Gasteiger partial charge in [-0.15, -0.1) is 0 Å². The van der Waals surface area contributed by atoms with Crippen LogP contribution in [0.5, 0.6) is 17.2 Å². The van der Waals surface area contributed by atoms with Crippen LogP contribution in [0, 0.1) is 11.3 Å². The summed E-state index contributed by atoms with van der Waals surface area (Å²) >= 11 is 0. The first-order chi connectivity index (χ1) is 30.2. The number of likely N-dealkylation sites (N-methyl/N-ethyl adjacent to an activating group) is 1. The third-order valence-electron chi connectivity index (χ3n) is 14.3. The quantitative estimate of drug-likeness (QED) is 0.140. The number of hydrogen-bond donors (Lipinski definition) is 1. The topological polar surface area (TPSA) is 136 Å². The van der Waals surface area contributed by atoms with Gasteiger partial charge in [0, 0.05) is 74.8 Å². The number of nitrogens with one attached hydrogen (secondary N) is 1. The van der Waals surface area contributed by atoms with E-state index < -0.39 is 6.04 Å². The number of carbonyl (C=O) groups excluding carboxylic acids is 3. The molecule has 1 unspecified atom stereocenters. The molecule has 4 aromatic rings. The Morgan fingerprint density at radius 1 is 0.952 bits per heavy atom. The molecule has 1 aliphatic carbocycles. The summed E-state index contributed by atoms with van der Waals surface area (Å²) in [6.45, 7) is 12.9. The molecule has 1 N–H and O–H groups in total. The van der Waals surface area contributed by atoms with Crippen molar-refractivity contribution in [2.75, 3.05) is 54.0 Å². The van der Waals surface area contributed by atoms with Crippen LogP contribution >= 0.6 is 0 Å². The Hall–Kier alpha value is -5.27. The van der Waals surface area contributed by atoms with Crippen molar-refractivity contribution in [3.05, 3.63) is 81.5 Å². The molecule has 2 aromatic heterocycles. The van der Waals surface area contributed by atoms with Gasteiger partial charge in [-0.25, -0.2) is 0 Å². The summed E-state index contributed by atoms with van der Waals surface area (Å²) in [4.78, 5) is 61.6. The van der Waals surface area contributed by atoms with E-state index in [0.717, 1.165) is 116 Å². The van der Waals surface area contributed by atoms with Gasteiger partial charge in [0.05, 0.1) is 31.3 Å². The molecule has 4 aliphatic rings. The van der Waals surface area contributed by atoms with E-state index in [1.807, 2.05) is 24.4 Å². The lowest BCUT2D eigenvalue weighted by atomic mass is 9.61. The molecule has 63 heavy (non-hydrogen) atoms. The lowest BCUT2D eigenvalue weighted by Gasteiger charge is -2.52. The number of hydrogen-bond acceptors (Lipinski definition) is 10. The smallest absolute Gasteiger partial charge is 0.259 e. The molecular formula is C50H64N6O7. The highest BCUT2D eigenvalue weighted by Gasteiger charge is 2.47. The van der Waals surface area contributed by atoms with E-state index in [-0.39, 0.29) is 35.3 Å². The first kappa shape index (κ1) is 44.3. The van der Waals surface area contributed by atoms with Crippen LogP contribution < -0.4 is 25.1 Å². The molecule has 8 rings (SSSR count). The first-order valence-electron chi connectivity index (χ1n) is 22.7. The maximum Gasteiger partial charge on any atom is 0.259 e. The largest absolute Gasteiger partial charge is 0.496 e. The highest BCUT2D eigenvalue weighted by molar-refractivity contribution is 6.01.